The molecule has 0 aliphatic carbocycles. The van der Waals surface area contributed by atoms with Crippen LogP contribution in [0.2, 0.25) is 0 Å². The van der Waals surface area contributed by atoms with E-state index in [0.29, 0.717) is 6.04 Å². The minimum absolute atomic E-state index is 0.0542. The Hall–Kier alpha value is -1.39. The number of pyridine rings is 1. The van der Waals surface area contributed by atoms with E-state index >= 15 is 0 Å². The number of nitrogens with zero attached hydrogens (tertiary/aromatic N) is 2. The summed E-state index contributed by atoms with van der Waals surface area (Å²) in [5, 5.41) is 2.19. The topological polar surface area (TPSA) is 42.1 Å². The molecule has 3 rings (SSSR count). The van der Waals surface area contributed by atoms with E-state index in [4.69, 9.17) is 5.73 Å². The molecular weight excluding hydrogens is 254 g/mol. The van der Waals surface area contributed by atoms with Crippen molar-refractivity contribution in [2.45, 2.75) is 32.4 Å². The van der Waals surface area contributed by atoms with Crippen LogP contribution < -0.4 is 10.6 Å². The first-order valence-corrected chi connectivity index (χ1v) is 7.59. The van der Waals surface area contributed by atoms with E-state index in [0.717, 1.165) is 24.3 Å². The van der Waals surface area contributed by atoms with Crippen LogP contribution >= 0.6 is 11.3 Å². The molecule has 0 radical (unpaired) electrons. The Morgan fingerprint density at radius 2 is 2.32 bits per heavy atom. The largest absolute Gasteiger partial charge is 0.349 e. The van der Waals surface area contributed by atoms with Gasteiger partial charge < -0.3 is 10.6 Å². The predicted octanol–water partition coefficient (Wildman–Crippen LogP) is 3.29. The van der Waals surface area contributed by atoms with E-state index in [1.165, 1.54) is 10.4 Å². The van der Waals surface area contributed by atoms with Gasteiger partial charge in [0.25, 0.3) is 0 Å². The average Bonchev–Trinajstić information content (AvgIpc) is 2.88. The van der Waals surface area contributed by atoms with E-state index in [1.54, 1.807) is 0 Å². The zero-order valence-electron chi connectivity index (χ0n) is 11.3. The van der Waals surface area contributed by atoms with E-state index < -0.39 is 0 Å². The molecule has 0 fully saturated rings. The van der Waals surface area contributed by atoms with E-state index in [-0.39, 0.29) is 6.04 Å². The Morgan fingerprint density at radius 3 is 3.11 bits per heavy atom. The van der Waals surface area contributed by atoms with Crippen molar-refractivity contribution in [3.8, 4) is 0 Å². The fourth-order valence-corrected chi connectivity index (χ4v) is 3.66. The second-order valence-corrected chi connectivity index (χ2v) is 6.16. The molecule has 0 bridgehead atoms. The lowest BCUT2D eigenvalue weighted by atomic mass is 10.0. The minimum Gasteiger partial charge on any atom is -0.349 e. The number of hydrogen-bond donors (Lipinski definition) is 1. The third-order valence-electron chi connectivity index (χ3n) is 3.87. The van der Waals surface area contributed by atoms with Crippen LogP contribution in [0.3, 0.4) is 0 Å². The second kappa shape index (κ2) is 4.94. The van der Waals surface area contributed by atoms with Crippen molar-refractivity contribution in [3.63, 3.8) is 0 Å². The van der Waals surface area contributed by atoms with E-state index in [2.05, 4.69) is 34.3 Å². The van der Waals surface area contributed by atoms with Gasteiger partial charge in [-0.15, -0.1) is 11.3 Å². The van der Waals surface area contributed by atoms with Crippen LogP contribution in [0.4, 0.5) is 5.82 Å². The second-order valence-electron chi connectivity index (χ2n) is 5.15. The summed E-state index contributed by atoms with van der Waals surface area (Å²) in [6.07, 6.45) is 2.98. The van der Waals surface area contributed by atoms with Crippen molar-refractivity contribution < 1.29 is 0 Å². The molecule has 1 unspecified atom stereocenters. The summed E-state index contributed by atoms with van der Waals surface area (Å²) in [5.74, 6) is 1.04. The number of hydrogen-bond acceptors (Lipinski definition) is 4. The van der Waals surface area contributed by atoms with Gasteiger partial charge in [0, 0.05) is 23.7 Å². The predicted molar refractivity (Wildman–Crippen MR) is 80.6 cm³/mol. The van der Waals surface area contributed by atoms with Gasteiger partial charge >= 0.3 is 0 Å². The van der Waals surface area contributed by atoms with Crippen LogP contribution in [-0.4, -0.2) is 11.5 Å². The molecule has 19 heavy (non-hydrogen) atoms. The Labute approximate surface area is 118 Å². The standard InChI is InChI=1S/C15H19N3S/c1-10(16)12-3-6-17-15(9-12)18-7-4-14-13(11(18)2)5-8-19-14/h3,5-6,8-11H,4,7,16H2,1-2H3/t10-,11?/m0/s1. The normalized spacial score (nSPS) is 20.2. The summed E-state index contributed by atoms with van der Waals surface area (Å²) in [6.45, 7) is 5.30. The monoisotopic (exact) mass is 273 g/mol. The maximum Gasteiger partial charge on any atom is 0.129 e. The number of aromatic nitrogens is 1. The van der Waals surface area contributed by atoms with E-state index in [1.807, 2.05) is 30.5 Å². The average molecular weight is 273 g/mol. The molecule has 0 aromatic carbocycles. The van der Waals surface area contributed by atoms with Crippen LogP contribution in [0.5, 0.6) is 0 Å². The quantitative estimate of drug-likeness (QED) is 0.913. The molecule has 0 amide bonds. The lowest BCUT2D eigenvalue weighted by Crippen LogP contribution is -2.33. The summed E-state index contributed by atoms with van der Waals surface area (Å²) >= 11 is 1.87. The molecule has 2 aromatic heterocycles. The van der Waals surface area contributed by atoms with Crippen molar-refractivity contribution >= 4 is 17.2 Å². The molecule has 3 nitrogen and oxygen atoms in total. The smallest absolute Gasteiger partial charge is 0.129 e. The Bertz CT molecular complexity index is 576. The first kappa shape index (κ1) is 12.6. The van der Waals surface area contributed by atoms with Crippen LogP contribution in [0.25, 0.3) is 0 Å². The van der Waals surface area contributed by atoms with Gasteiger partial charge in [-0.2, -0.15) is 0 Å². The third kappa shape index (κ3) is 2.26. The van der Waals surface area contributed by atoms with Crippen molar-refractivity contribution in [3.05, 3.63) is 45.8 Å². The fourth-order valence-electron chi connectivity index (χ4n) is 2.70. The minimum atomic E-state index is 0.0542. The summed E-state index contributed by atoms with van der Waals surface area (Å²) in [4.78, 5) is 8.42. The van der Waals surface area contributed by atoms with Gasteiger partial charge in [0.15, 0.2) is 0 Å². The number of rotatable bonds is 2. The molecule has 0 spiro atoms. The summed E-state index contributed by atoms with van der Waals surface area (Å²) in [5.41, 5.74) is 8.56. The van der Waals surface area contributed by atoms with Crippen molar-refractivity contribution in [2.24, 2.45) is 5.73 Å². The molecule has 0 saturated heterocycles. The Kier molecular flexibility index (Phi) is 3.29. The van der Waals surface area contributed by atoms with Gasteiger partial charge in [0.2, 0.25) is 0 Å². The number of fused-ring (bicyclic) bond motifs is 1. The number of thiophene rings is 1. The zero-order valence-corrected chi connectivity index (χ0v) is 12.2. The van der Waals surface area contributed by atoms with Crippen LogP contribution in [-0.2, 0) is 6.42 Å². The van der Waals surface area contributed by atoms with Gasteiger partial charge in [0.05, 0.1) is 6.04 Å². The molecule has 1 aliphatic rings. The molecular formula is C15H19N3S. The van der Waals surface area contributed by atoms with Crippen LogP contribution in [0, 0.1) is 0 Å². The van der Waals surface area contributed by atoms with Crippen molar-refractivity contribution in [1.82, 2.24) is 4.98 Å². The van der Waals surface area contributed by atoms with Gasteiger partial charge in [-0.3, -0.25) is 0 Å². The first-order chi connectivity index (χ1) is 9.16. The summed E-state index contributed by atoms with van der Waals surface area (Å²) < 4.78 is 0. The zero-order chi connectivity index (χ0) is 13.4. The van der Waals surface area contributed by atoms with Gasteiger partial charge in [-0.1, -0.05) is 0 Å². The highest BCUT2D eigenvalue weighted by molar-refractivity contribution is 7.10. The SMILES string of the molecule is CC1c2ccsc2CCN1c1cc([C@H](C)N)ccn1. The number of anilines is 1. The molecule has 1 aliphatic heterocycles. The molecule has 3 heterocycles. The Balaban J connectivity index is 1.93. The van der Waals surface area contributed by atoms with Gasteiger partial charge in [-0.25, -0.2) is 4.98 Å². The lowest BCUT2D eigenvalue weighted by Gasteiger charge is -2.34. The lowest BCUT2D eigenvalue weighted by molar-refractivity contribution is 0.624. The molecule has 2 aromatic rings. The fraction of sp³-hybridized carbons (Fsp3) is 0.400. The van der Waals surface area contributed by atoms with Crippen molar-refractivity contribution in [2.75, 3.05) is 11.4 Å². The molecule has 2 N–H and O–H groups in total. The van der Waals surface area contributed by atoms with Gasteiger partial charge in [-0.05, 0) is 55.0 Å². The highest BCUT2D eigenvalue weighted by Crippen LogP contribution is 2.35. The van der Waals surface area contributed by atoms with Crippen LogP contribution in [0.1, 0.15) is 41.9 Å². The van der Waals surface area contributed by atoms with Crippen molar-refractivity contribution in [1.29, 1.82) is 0 Å². The third-order valence-corrected chi connectivity index (χ3v) is 4.86. The molecule has 2 atom stereocenters. The number of nitrogens with two attached hydrogens (primary N) is 1. The maximum absolute atomic E-state index is 5.96. The Morgan fingerprint density at radius 1 is 1.47 bits per heavy atom. The highest BCUT2D eigenvalue weighted by atomic mass is 32.1. The molecule has 4 heteroatoms. The summed E-state index contributed by atoms with van der Waals surface area (Å²) in [6, 6.07) is 6.81. The van der Waals surface area contributed by atoms with Crippen LogP contribution in [0.15, 0.2) is 29.8 Å². The molecule has 0 saturated carbocycles. The molecule has 100 valence electrons. The highest BCUT2D eigenvalue weighted by Gasteiger charge is 2.25. The van der Waals surface area contributed by atoms with Gasteiger partial charge in [0.1, 0.15) is 5.82 Å². The van der Waals surface area contributed by atoms with E-state index in [9.17, 15) is 0 Å². The first-order valence-electron chi connectivity index (χ1n) is 6.71. The maximum atomic E-state index is 5.96. The summed E-state index contributed by atoms with van der Waals surface area (Å²) in [7, 11) is 0.